The third kappa shape index (κ3) is 9.57. The average Bonchev–Trinajstić information content (AvgIpc) is 1.56. The lowest BCUT2D eigenvalue weighted by atomic mass is 9.37. The van der Waals surface area contributed by atoms with Crippen molar-refractivity contribution >= 4 is 111 Å². The normalized spacial score (nSPS) is 11.9. The van der Waals surface area contributed by atoms with Crippen LogP contribution in [0.1, 0.15) is 33.4 Å². The molecule has 7 aromatic heterocycles. The Kier molecular flexibility index (Phi) is 13.7. The molecule has 0 N–H and O–H groups in total. The van der Waals surface area contributed by atoms with Crippen LogP contribution >= 0.6 is 0 Å². The first kappa shape index (κ1) is 59.2. The van der Waals surface area contributed by atoms with Crippen molar-refractivity contribution in [2.45, 2.75) is 41.5 Å². The van der Waals surface area contributed by atoms with Crippen LogP contribution in [0.5, 0.6) is 0 Å². The summed E-state index contributed by atoms with van der Waals surface area (Å²) < 4.78 is 8.92. The molecule has 0 unspecified atom stereocenters. The summed E-state index contributed by atoms with van der Waals surface area (Å²) in [4.78, 5) is 49.7. The molecule has 0 saturated heterocycles. The van der Waals surface area contributed by atoms with Crippen LogP contribution in [0.15, 0.2) is 267 Å². The fraction of sp³-hybridized carbons (Fsp3) is 0.0690. The van der Waals surface area contributed by atoms with Gasteiger partial charge in [-0.1, -0.05) is 269 Å². The van der Waals surface area contributed by atoms with Crippen molar-refractivity contribution in [3.05, 3.63) is 300 Å². The van der Waals surface area contributed by atoms with E-state index in [2.05, 4.69) is 230 Å². The summed E-state index contributed by atoms with van der Waals surface area (Å²) in [5, 5.41) is 8.30. The van der Waals surface area contributed by atoms with E-state index in [0.29, 0.717) is 52.8 Å². The molecule has 19 rings (SSSR count). The Labute approximate surface area is 581 Å². The van der Waals surface area contributed by atoms with Crippen LogP contribution in [0.3, 0.4) is 0 Å². The lowest BCUT2D eigenvalue weighted by Crippen LogP contribution is -2.58. The average molecular weight is 1300 g/mol. The van der Waals surface area contributed by atoms with E-state index in [9.17, 15) is 0 Å². The highest BCUT2D eigenvalue weighted by atomic mass is 15.3. The SMILES string of the molecule is Cc1cc(C)c(B(c2nc(-n3c4ccccc4c4cc5c6ccccc6n(-c6nc(-c7ccccc7)nc(-c7ccccc7)n6)c5cc43)nc(-n3c4ccccc4c4c3ccc3c5ccccc5n(-c5nc(-c6ccccc6)nc(-c6ccccc6)n5)c34)n2)c2c(C)cc(C)cc2C)c(C)c1. The summed E-state index contributed by atoms with van der Waals surface area (Å²) in [7, 11) is 0. The number of aromatic nitrogens is 13. The first-order valence-corrected chi connectivity index (χ1v) is 34.2. The lowest BCUT2D eigenvalue weighted by molar-refractivity contribution is 0.904. The van der Waals surface area contributed by atoms with Crippen molar-refractivity contribution in [1.29, 1.82) is 0 Å². The summed E-state index contributed by atoms with van der Waals surface area (Å²) >= 11 is 0. The van der Waals surface area contributed by atoms with Gasteiger partial charge in [0.15, 0.2) is 23.3 Å². The molecule has 0 atom stereocenters. The van der Waals surface area contributed by atoms with Crippen molar-refractivity contribution in [3.8, 4) is 69.3 Å². The van der Waals surface area contributed by atoms with Crippen LogP contribution in [0.25, 0.3) is 157 Å². The van der Waals surface area contributed by atoms with E-state index in [0.717, 1.165) is 143 Å². The first-order chi connectivity index (χ1) is 49.6. The van der Waals surface area contributed by atoms with Crippen molar-refractivity contribution in [1.82, 2.24) is 63.1 Å². The zero-order valence-electron chi connectivity index (χ0n) is 56.3. The van der Waals surface area contributed by atoms with Gasteiger partial charge in [0.1, 0.15) is 5.72 Å². The highest BCUT2D eigenvalue weighted by Gasteiger charge is 2.35. The number of nitrogens with zero attached hydrogens (tertiary/aromatic N) is 13. The van der Waals surface area contributed by atoms with Gasteiger partial charge in [0.2, 0.25) is 23.8 Å². The van der Waals surface area contributed by atoms with Gasteiger partial charge in [0, 0.05) is 65.3 Å². The summed E-state index contributed by atoms with van der Waals surface area (Å²) in [5.41, 5.74) is 20.9. The Morgan fingerprint density at radius 3 is 0.980 bits per heavy atom. The van der Waals surface area contributed by atoms with Gasteiger partial charge in [-0.2, -0.15) is 24.9 Å². The van der Waals surface area contributed by atoms with Gasteiger partial charge in [0.25, 0.3) is 6.71 Å². The fourth-order valence-electron chi connectivity index (χ4n) is 16.0. The molecule has 7 heterocycles. The highest BCUT2D eigenvalue weighted by molar-refractivity contribution is 6.95. The minimum atomic E-state index is -0.440. The second-order valence-electron chi connectivity index (χ2n) is 26.5. The van der Waals surface area contributed by atoms with E-state index >= 15 is 0 Å². The number of hydrogen-bond acceptors (Lipinski definition) is 9. The van der Waals surface area contributed by atoms with Crippen molar-refractivity contribution < 1.29 is 0 Å². The largest absolute Gasteiger partial charge is 0.291 e. The maximum atomic E-state index is 5.96. The fourth-order valence-corrected chi connectivity index (χ4v) is 16.0. The van der Waals surface area contributed by atoms with E-state index in [-0.39, 0.29) is 0 Å². The van der Waals surface area contributed by atoms with Gasteiger partial charge < -0.3 is 0 Å². The summed E-state index contributed by atoms with van der Waals surface area (Å²) in [6.45, 7) is 12.8. The maximum absolute atomic E-state index is 5.96. The van der Waals surface area contributed by atoms with Gasteiger partial charge in [0.05, 0.1) is 44.1 Å². The van der Waals surface area contributed by atoms with Gasteiger partial charge >= 0.3 is 0 Å². The quantitative estimate of drug-likeness (QED) is 0.116. The Balaban J connectivity index is 0.931. The zero-order valence-corrected chi connectivity index (χ0v) is 56.3. The van der Waals surface area contributed by atoms with E-state index < -0.39 is 6.71 Å². The van der Waals surface area contributed by atoms with Crippen LogP contribution in [0.2, 0.25) is 0 Å². The van der Waals surface area contributed by atoms with Crippen molar-refractivity contribution in [3.63, 3.8) is 0 Å². The van der Waals surface area contributed by atoms with Crippen molar-refractivity contribution in [2.24, 2.45) is 0 Å². The number of fused-ring (bicyclic) bond motifs is 13. The van der Waals surface area contributed by atoms with Gasteiger partial charge in [-0.15, -0.1) is 0 Å². The molecule has 478 valence electrons. The highest BCUT2D eigenvalue weighted by Crippen LogP contribution is 2.44. The molecule has 0 amide bonds. The Morgan fingerprint density at radius 2 is 0.564 bits per heavy atom. The summed E-state index contributed by atoms with van der Waals surface area (Å²) in [6.07, 6.45) is 0. The molecule has 0 fully saturated rings. The molecule has 0 radical (unpaired) electrons. The van der Waals surface area contributed by atoms with E-state index in [4.69, 9.17) is 44.9 Å². The van der Waals surface area contributed by atoms with Crippen LogP contribution in [-0.2, 0) is 0 Å². The molecule has 0 aliphatic heterocycles. The van der Waals surface area contributed by atoms with Gasteiger partial charge in [-0.3, -0.25) is 18.3 Å². The Morgan fingerprint density at radius 1 is 0.238 bits per heavy atom. The molecule has 0 aliphatic rings. The topological polar surface area (TPSA) is 136 Å². The van der Waals surface area contributed by atoms with Crippen LogP contribution in [0, 0.1) is 41.5 Å². The number of aryl methyl sites for hydroxylation is 6. The number of para-hydroxylation sites is 4. The second kappa shape index (κ2) is 23.3. The first-order valence-electron chi connectivity index (χ1n) is 34.2. The number of rotatable bonds is 11. The monoisotopic (exact) mass is 1300 g/mol. The summed E-state index contributed by atoms with van der Waals surface area (Å²) in [5.74, 6) is 4.19. The molecule has 13 nitrogen and oxygen atoms in total. The van der Waals surface area contributed by atoms with Gasteiger partial charge in [-0.05, 0) is 84.0 Å². The smallest absolute Gasteiger partial charge is 0.278 e. The molecule has 101 heavy (non-hydrogen) atoms. The minimum absolute atomic E-state index is 0.440. The molecule has 19 aromatic rings. The number of hydrogen-bond donors (Lipinski definition) is 0. The van der Waals surface area contributed by atoms with Crippen molar-refractivity contribution in [2.75, 3.05) is 0 Å². The Hall–Kier alpha value is -13.1. The van der Waals surface area contributed by atoms with Crippen LogP contribution in [-0.4, -0.2) is 69.8 Å². The molecule has 0 saturated carbocycles. The molecule has 14 heteroatoms. The second-order valence-corrected chi connectivity index (χ2v) is 26.5. The standard InChI is InChI=1S/C87H62BN13/c1-51-45-53(3)76(54(4)46-51)88(77-55(5)47-52(2)48-56(77)6)83-95-86(98-71-42-26-22-38-65(71)75-72(98)44-43-64-61-35-19-25-41-70(61)101(78(64)75)85-93-81(59-31-15-9-16-32-59)90-82(94-85)60-33-17-10-18-34-60)97-87(96-83)100-69-40-24-21-37-63(69)67-49-66-62-36-20-23-39-68(62)99(73(66)50-74(67)100)84-91-79(57-27-11-7-12-28-57)89-80(92-84)58-29-13-8-14-30-58/h7-50H,1-6H3. The predicted octanol–water partition coefficient (Wildman–Crippen LogP) is 17.7. The maximum Gasteiger partial charge on any atom is 0.291 e. The predicted molar refractivity (Wildman–Crippen MR) is 412 cm³/mol. The summed E-state index contributed by atoms with van der Waals surface area (Å²) in [6, 6.07) is 93.2. The Bertz CT molecular complexity index is 6340. The van der Waals surface area contributed by atoms with E-state index in [1.54, 1.807) is 0 Å². The van der Waals surface area contributed by atoms with Crippen LogP contribution in [0.4, 0.5) is 0 Å². The zero-order chi connectivity index (χ0) is 67.7. The molecule has 0 spiro atoms. The molecular formula is C87H62BN13. The third-order valence-electron chi connectivity index (χ3n) is 20.1. The molecule has 12 aromatic carbocycles. The third-order valence-corrected chi connectivity index (χ3v) is 20.1. The number of benzene rings is 12. The lowest BCUT2D eigenvalue weighted by Gasteiger charge is -2.24. The van der Waals surface area contributed by atoms with E-state index in [1.807, 2.05) is 97.1 Å². The molecule has 0 aliphatic carbocycles. The van der Waals surface area contributed by atoms with Gasteiger partial charge in [-0.25, -0.2) is 19.9 Å². The molecule has 0 bridgehead atoms. The van der Waals surface area contributed by atoms with E-state index in [1.165, 1.54) is 11.1 Å². The molecular weight excluding hydrogens is 1240 g/mol. The minimum Gasteiger partial charge on any atom is -0.278 e. The van der Waals surface area contributed by atoms with Crippen LogP contribution < -0.4 is 16.6 Å².